The summed E-state index contributed by atoms with van der Waals surface area (Å²) in [6.07, 6.45) is 9.98. The number of rotatable bonds is 6. The van der Waals surface area contributed by atoms with Crippen LogP contribution in [0.25, 0.3) is 88.9 Å². The van der Waals surface area contributed by atoms with Gasteiger partial charge < -0.3 is 4.57 Å². The maximum absolute atomic E-state index is 5.27. The lowest BCUT2D eigenvalue weighted by atomic mass is 9.99. The molecule has 296 valence electrons. The molecular formula is C58H39N5. The molecule has 0 amide bonds. The number of allylic oxidation sites excluding steroid dienone is 4. The minimum absolute atomic E-state index is 0.677. The second-order valence-corrected chi connectivity index (χ2v) is 16.9. The minimum Gasteiger partial charge on any atom is -0.309 e. The van der Waals surface area contributed by atoms with Crippen molar-refractivity contribution in [2.75, 3.05) is 0 Å². The van der Waals surface area contributed by atoms with E-state index in [1.807, 2.05) is 0 Å². The topological polar surface area (TPSA) is 56.0 Å². The van der Waals surface area contributed by atoms with Crippen LogP contribution in [0.2, 0.25) is 0 Å². The summed E-state index contributed by atoms with van der Waals surface area (Å²) in [4.78, 5) is 20.9. The fourth-order valence-electron chi connectivity index (χ4n) is 10.1. The molecule has 2 aliphatic carbocycles. The largest absolute Gasteiger partial charge is 0.309 e. The minimum atomic E-state index is 0.677. The molecule has 3 heterocycles. The van der Waals surface area contributed by atoms with Crippen LogP contribution in [0.5, 0.6) is 0 Å². The van der Waals surface area contributed by atoms with Gasteiger partial charge >= 0.3 is 0 Å². The summed E-state index contributed by atoms with van der Waals surface area (Å²) in [7, 11) is 0. The van der Waals surface area contributed by atoms with E-state index >= 15 is 0 Å². The van der Waals surface area contributed by atoms with Gasteiger partial charge in [-0.15, -0.1) is 0 Å². The van der Waals surface area contributed by atoms with Crippen molar-refractivity contribution >= 4 is 49.6 Å². The molecule has 0 fully saturated rings. The van der Waals surface area contributed by atoms with Gasteiger partial charge in [0.05, 0.1) is 22.4 Å². The average Bonchev–Trinajstić information content (AvgIpc) is 4.06. The van der Waals surface area contributed by atoms with Crippen molar-refractivity contribution in [2.24, 2.45) is 4.99 Å². The lowest BCUT2D eigenvalue weighted by Gasteiger charge is -2.14. The predicted octanol–water partition coefficient (Wildman–Crippen LogP) is 14.1. The second kappa shape index (κ2) is 14.3. The highest BCUT2D eigenvalue weighted by molar-refractivity contribution is 6.18. The third kappa shape index (κ3) is 5.92. The van der Waals surface area contributed by atoms with Gasteiger partial charge in [-0.05, 0) is 111 Å². The Morgan fingerprint density at radius 3 is 2.08 bits per heavy atom. The molecule has 0 radical (unpaired) electrons. The number of benzene rings is 8. The SMILES string of the molecule is C1=CCCC(c2nc(-c3cccc(-c4cccc(-n5c6cc7ccccc7cc6c6ccc7c(c65)CC(c5ccccc5)=N7)c4)c3)nc(-c3cccc4c3Cc3ccccc3-4)n2)=C1. The van der Waals surface area contributed by atoms with E-state index in [2.05, 4.69) is 193 Å². The van der Waals surface area contributed by atoms with Crippen molar-refractivity contribution in [1.29, 1.82) is 0 Å². The molecule has 0 bridgehead atoms. The smallest absolute Gasteiger partial charge is 0.164 e. The second-order valence-electron chi connectivity index (χ2n) is 16.9. The van der Waals surface area contributed by atoms with Crippen LogP contribution in [0.15, 0.2) is 193 Å². The molecule has 13 rings (SSSR count). The maximum Gasteiger partial charge on any atom is 0.164 e. The van der Waals surface area contributed by atoms with E-state index in [4.69, 9.17) is 19.9 Å². The van der Waals surface area contributed by atoms with Crippen LogP contribution >= 0.6 is 0 Å². The van der Waals surface area contributed by atoms with Crippen LogP contribution in [0, 0.1) is 0 Å². The Hall–Kier alpha value is -8.02. The number of hydrogen-bond acceptors (Lipinski definition) is 4. The molecule has 8 aromatic carbocycles. The third-order valence-corrected chi connectivity index (χ3v) is 13.2. The zero-order valence-electron chi connectivity index (χ0n) is 34.5. The average molecular weight is 806 g/mol. The fourth-order valence-corrected chi connectivity index (χ4v) is 10.1. The molecule has 3 aliphatic rings. The number of hydrogen-bond donors (Lipinski definition) is 0. The Kier molecular flexibility index (Phi) is 8.10. The van der Waals surface area contributed by atoms with Crippen LogP contribution in [0.4, 0.5) is 5.69 Å². The first-order valence-electron chi connectivity index (χ1n) is 21.9. The number of nitrogens with zero attached hydrogens (tertiary/aromatic N) is 5. The normalized spacial score (nSPS) is 13.9. The van der Waals surface area contributed by atoms with Crippen molar-refractivity contribution in [3.05, 3.63) is 216 Å². The maximum atomic E-state index is 5.27. The van der Waals surface area contributed by atoms with Crippen molar-refractivity contribution in [3.63, 3.8) is 0 Å². The zero-order valence-corrected chi connectivity index (χ0v) is 34.5. The Morgan fingerprint density at radius 1 is 0.476 bits per heavy atom. The van der Waals surface area contributed by atoms with Gasteiger partial charge in [0.25, 0.3) is 0 Å². The first kappa shape index (κ1) is 35.7. The molecule has 0 spiro atoms. The van der Waals surface area contributed by atoms with Crippen LogP contribution in [-0.4, -0.2) is 25.2 Å². The van der Waals surface area contributed by atoms with Gasteiger partial charge in [-0.1, -0.05) is 152 Å². The van der Waals surface area contributed by atoms with Gasteiger partial charge in [0, 0.05) is 39.6 Å². The van der Waals surface area contributed by atoms with Crippen molar-refractivity contribution in [1.82, 2.24) is 19.5 Å². The summed E-state index contributed by atoms with van der Waals surface area (Å²) in [5, 5.41) is 4.94. The number of aliphatic imine (C=N–C) groups is 1. The quantitative estimate of drug-likeness (QED) is 0.168. The summed E-state index contributed by atoms with van der Waals surface area (Å²) >= 11 is 0. The van der Waals surface area contributed by atoms with E-state index in [-0.39, 0.29) is 0 Å². The summed E-state index contributed by atoms with van der Waals surface area (Å²) in [6, 6.07) is 61.3. The molecule has 2 aromatic heterocycles. The molecule has 0 unspecified atom stereocenters. The van der Waals surface area contributed by atoms with Gasteiger partial charge in [-0.2, -0.15) is 0 Å². The number of aromatic nitrogens is 4. The Morgan fingerprint density at radius 2 is 1.19 bits per heavy atom. The van der Waals surface area contributed by atoms with Crippen molar-refractivity contribution < 1.29 is 0 Å². The summed E-state index contributed by atoms with van der Waals surface area (Å²) in [5.74, 6) is 2.13. The summed E-state index contributed by atoms with van der Waals surface area (Å²) in [5.41, 5.74) is 18.6. The molecule has 0 N–H and O–H groups in total. The molecular weight excluding hydrogens is 767 g/mol. The van der Waals surface area contributed by atoms with E-state index in [9.17, 15) is 0 Å². The highest BCUT2D eigenvalue weighted by Crippen LogP contribution is 2.44. The highest BCUT2D eigenvalue weighted by atomic mass is 15.0. The predicted molar refractivity (Wildman–Crippen MR) is 259 cm³/mol. The Labute approximate surface area is 365 Å². The molecule has 5 heteroatoms. The van der Waals surface area contributed by atoms with E-state index < -0.39 is 0 Å². The van der Waals surface area contributed by atoms with Gasteiger partial charge in [0.1, 0.15) is 0 Å². The molecule has 1 aliphatic heterocycles. The monoisotopic (exact) mass is 805 g/mol. The van der Waals surface area contributed by atoms with Gasteiger partial charge in [-0.25, -0.2) is 15.0 Å². The third-order valence-electron chi connectivity index (χ3n) is 13.2. The van der Waals surface area contributed by atoms with Gasteiger partial charge in [0.15, 0.2) is 17.5 Å². The standard InChI is InChI=1S/C58H39N5/c1-3-14-36(15-4-1)53-35-51-52(59-53)29-28-47-50-32-40-18-7-8-19-41(40)34-54(50)63(55(47)51)44-24-12-22-39(31-44)38-21-11-23-43(30-38)57-60-56(37-16-5-2-6-17-37)61-58(62-57)48-27-13-26-46-45-25-10-9-20-42(45)33-49(46)48/h1-5,7-16,18-32,34H,6,17,33,35H2. The highest BCUT2D eigenvalue weighted by Gasteiger charge is 2.26. The lowest BCUT2D eigenvalue weighted by Crippen LogP contribution is -2.05. The lowest BCUT2D eigenvalue weighted by molar-refractivity contribution is 0.976. The van der Waals surface area contributed by atoms with E-state index in [0.29, 0.717) is 11.6 Å². The summed E-state index contributed by atoms with van der Waals surface area (Å²) < 4.78 is 2.47. The first-order chi connectivity index (χ1) is 31.2. The fraction of sp³-hybridized carbons (Fsp3) is 0.0690. The van der Waals surface area contributed by atoms with E-state index in [0.717, 1.165) is 76.4 Å². The molecule has 0 atom stereocenters. The van der Waals surface area contributed by atoms with E-state index in [1.54, 1.807) is 0 Å². The first-order valence-corrected chi connectivity index (χ1v) is 21.9. The van der Waals surface area contributed by atoms with Crippen LogP contribution in [0.3, 0.4) is 0 Å². The Bertz CT molecular complexity index is 3630. The molecule has 63 heavy (non-hydrogen) atoms. The van der Waals surface area contributed by atoms with Crippen molar-refractivity contribution in [2.45, 2.75) is 25.7 Å². The Balaban J connectivity index is 0.947. The van der Waals surface area contributed by atoms with Crippen LogP contribution < -0.4 is 0 Å². The van der Waals surface area contributed by atoms with Crippen LogP contribution in [0.1, 0.15) is 40.9 Å². The number of fused-ring (bicyclic) bond motifs is 9. The molecule has 0 saturated heterocycles. The van der Waals surface area contributed by atoms with Gasteiger partial charge in [0.2, 0.25) is 0 Å². The molecule has 5 nitrogen and oxygen atoms in total. The van der Waals surface area contributed by atoms with Gasteiger partial charge in [-0.3, -0.25) is 4.99 Å². The molecule has 0 saturated carbocycles. The van der Waals surface area contributed by atoms with E-state index in [1.165, 1.54) is 66.0 Å². The summed E-state index contributed by atoms with van der Waals surface area (Å²) in [6.45, 7) is 0. The molecule has 10 aromatic rings. The van der Waals surface area contributed by atoms with Crippen LogP contribution in [-0.2, 0) is 12.8 Å². The zero-order chi connectivity index (χ0) is 41.4. The van der Waals surface area contributed by atoms with Crippen molar-refractivity contribution in [3.8, 4) is 50.7 Å².